The molecule has 154 valence electrons. The number of hydrazine groups is 1. The Bertz CT molecular complexity index is 1200. The second-order valence-electron chi connectivity index (χ2n) is 6.76. The fourth-order valence-electron chi connectivity index (χ4n) is 3.25. The maximum Gasteiger partial charge on any atom is 0.283 e. The number of nitrogens with one attached hydrogen (secondary N) is 2. The van der Waals surface area contributed by atoms with Crippen LogP contribution in [0.25, 0.3) is 11.0 Å². The van der Waals surface area contributed by atoms with Crippen molar-refractivity contribution in [3.05, 3.63) is 64.1 Å². The van der Waals surface area contributed by atoms with Crippen LogP contribution in [0.5, 0.6) is 11.5 Å². The summed E-state index contributed by atoms with van der Waals surface area (Å²) in [7, 11) is 0. The summed E-state index contributed by atoms with van der Waals surface area (Å²) >= 11 is 0. The lowest BCUT2D eigenvalue weighted by atomic mass is 10.1. The summed E-state index contributed by atoms with van der Waals surface area (Å²) in [4.78, 5) is 41.3. The van der Waals surface area contributed by atoms with E-state index in [0.29, 0.717) is 40.3 Å². The predicted molar refractivity (Wildman–Crippen MR) is 108 cm³/mol. The summed E-state index contributed by atoms with van der Waals surface area (Å²) in [5, 5.41) is 0. The summed E-state index contributed by atoms with van der Waals surface area (Å²) in [5.41, 5.74) is 6.37. The molecule has 4 rings (SSSR count). The third-order valence-corrected chi connectivity index (χ3v) is 4.79. The Labute approximate surface area is 171 Å². The minimum Gasteiger partial charge on any atom is -0.485 e. The van der Waals surface area contributed by atoms with Crippen molar-refractivity contribution in [2.45, 2.75) is 26.5 Å². The third kappa shape index (κ3) is 3.57. The van der Waals surface area contributed by atoms with Crippen LogP contribution in [0.1, 0.15) is 23.0 Å². The quantitative estimate of drug-likeness (QED) is 0.633. The van der Waals surface area contributed by atoms with E-state index in [1.807, 2.05) is 13.0 Å². The summed E-state index contributed by atoms with van der Waals surface area (Å²) < 4.78 is 12.7. The monoisotopic (exact) mass is 408 g/mol. The molecule has 0 radical (unpaired) electrons. The first kappa shape index (κ1) is 19.4. The zero-order valence-electron chi connectivity index (χ0n) is 16.5. The summed E-state index contributed by atoms with van der Waals surface area (Å²) in [6.45, 7) is 4.02. The van der Waals surface area contributed by atoms with E-state index in [1.165, 1.54) is 0 Å². The van der Waals surface area contributed by atoms with E-state index >= 15 is 0 Å². The Hall–Kier alpha value is -3.88. The van der Waals surface area contributed by atoms with Gasteiger partial charge in [0.15, 0.2) is 11.5 Å². The Morgan fingerprint density at radius 2 is 1.93 bits per heavy atom. The van der Waals surface area contributed by atoms with Crippen molar-refractivity contribution >= 4 is 22.8 Å². The smallest absolute Gasteiger partial charge is 0.283 e. The van der Waals surface area contributed by atoms with Crippen molar-refractivity contribution in [2.24, 2.45) is 0 Å². The molecule has 2 aromatic carbocycles. The number of hydrogen-bond donors (Lipinski definition) is 2. The molecule has 9 nitrogen and oxygen atoms in total. The fraction of sp³-hybridized carbons (Fsp3) is 0.238. The van der Waals surface area contributed by atoms with Crippen LogP contribution in [-0.4, -0.2) is 34.1 Å². The lowest BCUT2D eigenvalue weighted by molar-refractivity contribution is -0.131. The first-order valence-electron chi connectivity index (χ1n) is 9.48. The van der Waals surface area contributed by atoms with Gasteiger partial charge in [-0.05, 0) is 44.2 Å². The zero-order valence-corrected chi connectivity index (χ0v) is 16.5. The van der Waals surface area contributed by atoms with Crippen molar-refractivity contribution in [3.8, 4) is 11.5 Å². The number of amides is 2. The summed E-state index contributed by atoms with van der Waals surface area (Å²) in [5.74, 6) is -0.0215. The van der Waals surface area contributed by atoms with Gasteiger partial charge in [0, 0.05) is 12.1 Å². The van der Waals surface area contributed by atoms with Gasteiger partial charge >= 0.3 is 0 Å². The number of carbonyl (C=O) groups is 2. The van der Waals surface area contributed by atoms with E-state index in [4.69, 9.17) is 9.47 Å². The van der Waals surface area contributed by atoms with Crippen molar-refractivity contribution in [3.63, 3.8) is 0 Å². The van der Waals surface area contributed by atoms with Gasteiger partial charge in [-0.25, -0.2) is 4.98 Å². The first-order valence-corrected chi connectivity index (χ1v) is 9.48. The number of benzene rings is 2. The zero-order chi connectivity index (χ0) is 21.3. The van der Waals surface area contributed by atoms with Gasteiger partial charge in [0.2, 0.25) is 6.10 Å². The number of ether oxygens (including phenoxy) is 2. The van der Waals surface area contributed by atoms with Crippen LogP contribution in [0.15, 0.2) is 47.3 Å². The molecule has 2 heterocycles. The number of carbonyl (C=O) groups excluding carboxylic acids is 2. The van der Waals surface area contributed by atoms with Gasteiger partial charge in [-0.3, -0.25) is 25.2 Å². The highest BCUT2D eigenvalue weighted by molar-refractivity contribution is 5.98. The van der Waals surface area contributed by atoms with Crippen LogP contribution in [-0.2, 0) is 11.3 Å². The largest absolute Gasteiger partial charge is 0.485 e. The summed E-state index contributed by atoms with van der Waals surface area (Å²) in [6, 6.07) is 11.8. The molecule has 2 amide bonds. The molecule has 0 aliphatic carbocycles. The molecule has 2 N–H and O–H groups in total. The first-order chi connectivity index (χ1) is 14.5. The van der Waals surface area contributed by atoms with Gasteiger partial charge in [-0.2, -0.15) is 0 Å². The minimum absolute atomic E-state index is 0.0342. The molecule has 3 aromatic rings. The molecule has 0 bridgehead atoms. The van der Waals surface area contributed by atoms with E-state index < -0.39 is 17.9 Å². The van der Waals surface area contributed by atoms with Gasteiger partial charge in [-0.1, -0.05) is 12.1 Å². The molecule has 0 fully saturated rings. The maximum atomic E-state index is 12.5. The number of nitrogens with zero attached hydrogens (tertiary/aromatic N) is 2. The molecule has 9 heteroatoms. The highest BCUT2D eigenvalue weighted by Gasteiger charge is 2.27. The van der Waals surface area contributed by atoms with E-state index in [2.05, 4.69) is 15.8 Å². The molecule has 1 aromatic heterocycles. The molecule has 0 spiro atoms. The number of fused-ring (bicyclic) bond motifs is 2. The molecule has 1 atom stereocenters. The SMILES string of the molecule is CCn1c(=O)c(C)nc2cc(C(=O)NNC(=O)C3COc4ccccc4O3)ccc21. The van der Waals surface area contributed by atoms with Crippen LogP contribution in [0.4, 0.5) is 0 Å². The van der Waals surface area contributed by atoms with Gasteiger partial charge < -0.3 is 14.0 Å². The minimum atomic E-state index is -0.889. The van der Waals surface area contributed by atoms with E-state index in [-0.39, 0.29) is 12.2 Å². The normalized spacial score (nSPS) is 14.9. The number of rotatable bonds is 3. The van der Waals surface area contributed by atoms with Gasteiger partial charge in [0.25, 0.3) is 17.4 Å². The molecule has 0 saturated carbocycles. The standard InChI is InChI=1S/C21H20N4O5/c1-3-25-15-9-8-13(10-14(15)22-12(2)21(25)28)19(26)23-24-20(27)18-11-29-16-6-4-5-7-17(16)30-18/h4-10,18H,3,11H2,1-2H3,(H,23,26)(H,24,27). The molecule has 0 saturated heterocycles. The average Bonchev–Trinajstić information content (AvgIpc) is 2.77. The average molecular weight is 408 g/mol. The molecule has 1 aliphatic rings. The van der Waals surface area contributed by atoms with Crippen molar-refractivity contribution in [1.29, 1.82) is 0 Å². The van der Waals surface area contributed by atoms with Crippen LogP contribution >= 0.6 is 0 Å². The number of hydrogen-bond acceptors (Lipinski definition) is 6. The lowest BCUT2D eigenvalue weighted by Crippen LogP contribution is -2.50. The van der Waals surface area contributed by atoms with Crippen molar-refractivity contribution in [1.82, 2.24) is 20.4 Å². The molecule has 1 aliphatic heterocycles. The lowest BCUT2D eigenvalue weighted by Gasteiger charge is -2.25. The number of aromatic nitrogens is 2. The highest BCUT2D eigenvalue weighted by atomic mass is 16.6. The van der Waals surface area contributed by atoms with Crippen LogP contribution in [0.3, 0.4) is 0 Å². The van der Waals surface area contributed by atoms with Gasteiger partial charge in [0.1, 0.15) is 12.3 Å². The predicted octanol–water partition coefficient (Wildman–Crippen LogP) is 1.33. The topological polar surface area (TPSA) is 112 Å². The van der Waals surface area contributed by atoms with Crippen molar-refractivity contribution < 1.29 is 19.1 Å². The van der Waals surface area contributed by atoms with Crippen LogP contribution in [0.2, 0.25) is 0 Å². The number of para-hydroxylation sites is 2. The third-order valence-electron chi connectivity index (χ3n) is 4.79. The van der Waals surface area contributed by atoms with Crippen LogP contribution < -0.4 is 25.9 Å². The van der Waals surface area contributed by atoms with Gasteiger partial charge in [0.05, 0.1) is 11.0 Å². The maximum absolute atomic E-state index is 12.5. The Kier molecular flexibility index (Phi) is 5.09. The van der Waals surface area contributed by atoms with Gasteiger partial charge in [-0.15, -0.1) is 0 Å². The molecular formula is C21H20N4O5. The molecule has 30 heavy (non-hydrogen) atoms. The van der Waals surface area contributed by atoms with Crippen LogP contribution in [0, 0.1) is 6.92 Å². The van der Waals surface area contributed by atoms with E-state index in [9.17, 15) is 14.4 Å². The Balaban J connectivity index is 1.45. The Morgan fingerprint density at radius 1 is 1.17 bits per heavy atom. The summed E-state index contributed by atoms with van der Waals surface area (Å²) in [6.07, 6.45) is -0.889. The molecule has 1 unspecified atom stereocenters. The second-order valence-corrected chi connectivity index (χ2v) is 6.76. The van der Waals surface area contributed by atoms with E-state index in [0.717, 1.165) is 0 Å². The second kappa shape index (κ2) is 7.86. The fourth-order valence-corrected chi connectivity index (χ4v) is 3.25. The van der Waals surface area contributed by atoms with Crippen molar-refractivity contribution in [2.75, 3.05) is 6.61 Å². The highest BCUT2D eigenvalue weighted by Crippen LogP contribution is 2.30. The molecular weight excluding hydrogens is 388 g/mol. The number of aryl methyl sites for hydroxylation is 2. The Morgan fingerprint density at radius 3 is 2.70 bits per heavy atom. The van der Waals surface area contributed by atoms with E-state index in [1.54, 1.807) is 47.9 Å².